The fourth-order valence-electron chi connectivity index (χ4n) is 2.95. The van der Waals surface area contributed by atoms with Crippen molar-refractivity contribution in [1.29, 1.82) is 0 Å². The van der Waals surface area contributed by atoms with Crippen molar-refractivity contribution in [3.63, 3.8) is 0 Å². The minimum atomic E-state index is -0.375. The number of benzene rings is 2. The number of halogens is 1. The summed E-state index contributed by atoms with van der Waals surface area (Å²) in [4.78, 5) is 25.9. The molecule has 4 rings (SSSR count). The van der Waals surface area contributed by atoms with Crippen LogP contribution in [0.2, 0.25) is 5.02 Å². The largest absolute Gasteiger partial charge is 0.482 e. The molecule has 0 aliphatic carbocycles. The van der Waals surface area contributed by atoms with Crippen molar-refractivity contribution < 1.29 is 18.7 Å². The van der Waals surface area contributed by atoms with Gasteiger partial charge in [-0.3, -0.25) is 9.59 Å². The molecule has 1 aliphatic rings. The predicted molar refractivity (Wildman–Crippen MR) is 99.3 cm³/mol. The summed E-state index contributed by atoms with van der Waals surface area (Å²) in [6.45, 7) is 1.82. The van der Waals surface area contributed by atoms with Gasteiger partial charge in [0.25, 0.3) is 11.8 Å². The van der Waals surface area contributed by atoms with Crippen molar-refractivity contribution in [2.75, 3.05) is 23.9 Å². The Kier molecular flexibility index (Phi) is 3.85. The normalized spacial score (nSPS) is 13.5. The van der Waals surface area contributed by atoms with Gasteiger partial charge in [0.2, 0.25) is 0 Å². The van der Waals surface area contributed by atoms with Gasteiger partial charge in [-0.2, -0.15) is 0 Å². The van der Waals surface area contributed by atoms with Crippen molar-refractivity contribution >= 4 is 45.8 Å². The summed E-state index contributed by atoms with van der Waals surface area (Å²) < 4.78 is 11.1. The minimum Gasteiger partial charge on any atom is -0.482 e. The molecule has 0 radical (unpaired) electrons. The maximum Gasteiger partial charge on any atom is 0.291 e. The average Bonchev–Trinajstić information content (AvgIpc) is 2.95. The molecular weight excluding hydrogens is 356 g/mol. The minimum absolute atomic E-state index is 0.00987. The number of amides is 2. The Morgan fingerprint density at radius 2 is 2.04 bits per heavy atom. The van der Waals surface area contributed by atoms with E-state index in [9.17, 15) is 9.59 Å². The van der Waals surface area contributed by atoms with Crippen molar-refractivity contribution in [3.05, 3.63) is 52.7 Å². The number of ether oxygens (including phenoxy) is 1. The van der Waals surface area contributed by atoms with Crippen LogP contribution in [-0.2, 0) is 4.79 Å². The summed E-state index contributed by atoms with van der Waals surface area (Å²) in [7, 11) is 1.67. The third-order valence-corrected chi connectivity index (χ3v) is 4.64. The topological polar surface area (TPSA) is 71.8 Å². The van der Waals surface area contributed by atoms with E-state index in [0.717, 1.165) is 5.39 Å². The maximum atomic E-state index is 12.7. The Morgan fingerprint density at radius 3 is 2.85 bits per heavy atom. The van der Waals surface area contributed by atoms with Crippen molar-refractivity contribution in [2.45, 2.75) is 6.92 Å². The number of hydrogen-bond donors (Lipinski definition) is 1. The number of carbonyl (C=O) groups is 2. The summed E-state index contributed by atoms with van der Waals surface area (Å²) in [5.74, 6) is 0.298. The van der Waals surface area contributed by atoms with Crippen LogP contribution in [0.3, 0.4) is 0 Å². The molecule has 0 bridgehead atoms. The first-order valence-electron chi connectivity index (χ1n) is 7.97. The van der Waals surface area contributed by atoms with Gasteiger partial charge in [-0.25, -0.2) is 0 Å². The number of rotatable bonds is 2. The molecule has 1 N–H and O–H groups in total. The molecule has 2 amide bonds. The quantitative estimate of drug-likeness (QED) is 0.740. The van der Waals surface area contributed by atoms with E-state index < -0.39 is 0 Å². The standard InChI is InChI=1S/C19H15ClN2O4/c1-10-13-7-11(20)3-5-15(13)26-18(10)19(24)21-12-4-6-16-14(8-12)22(2)17(23)9-25-16/h3-8H,9H2,1-2H3,(H,21,24). The van der Waals surface area contributed by atoms with Crippen LogP contribution < -0.4 is 15.0 Å². The van der Waals surface area contributed by atoms with Gasteiger partial charge < -0.3 is 19.4 Å². The monoisotopic (exact) mass is 370 g/mol. The van der Waals surface area contributed by atoms with Crippen LogP contribution in [0, 0.1) is 6.92 Å². The Labute approximate surface area is 154 Å². The van der Waals surface area contributed by atoms with Gasteiger partial charge in [0.05, 0.1) is 5.69 Å². The number of nitrogens with one attached hydrogen (secondary N) is 1. The van der Waals surface area contributed by atoms with E-state index >= 15 is 0 Å². The van der Waals surface area contributed by atoms with E-state index in [4.69, 9.17) is 20.8 Å². The highest BCUT2D eigenvalue weighted by molar-refractivity contribution is 6.31. The summed E-state index contributed by atoms with van der Waals surface area (Å²) in [5, 5.41) is 4.18. The van der Waals surface area contributed by atoms with Crippen LogP contribution in [0.1, 0.15) is 16.1 Å². The number of furan rings is 1. The Hall–Kier alpha value is -2.99. The number of fused-ring (bicyclic) bond motifs is 2. The second kappa shape index (κ2) is 6.07. The maximum absolute atomic E-state index is 12.7. The molecule has 7 heteroatoms. The summed E-state index contributed by atoms with van der Waals surface area (Å²) in [5.41, 5.74) is 2.46. The zero-order valence-corrected chi connectivity index (χ0v) is 14.9. The highest BCUT2D eigenvalue weighted by Crippen LogP contribution is 2.34. The molecule has 0 saturated heterocycles. The zero-order chi connectivity index (χ0) is 18.4. The zero-order valence-electron chi connectivity index (χ0n) is 14.1. The molecule has 2 heterocycles. The van der Waals surface area contributed by atoms with Crippen molar-refractivity contribution in [1.82, 2.24) is 0 Å². The van der Waals surface area contributed by atoms with E-state index in [1.165, 1.54) is 4.90 Å². The van der Waals surface area contributed by atoms with Crippen LogP contribution in [-0.4, -0.2) is 25.5 Å². The molecule has 132 valence electrons. The van der Waals surface area contributed by atoms with Crippen molar-refractivity contribution in [2.24, 2.45) is 0 Å². The molecule has 26 heavy (non-hydrogen) atoms. The molecular formula is C19H15ClN2O4. The highest BCUT2D eigenvalue weighted by Gasteiger charge is 2.23. The van der Waals surface area contributed by atoms with E-state index in [2.05, 4.69) is 5.32 Å². The molecule has 2 aromatic carbocycles. The summed E-state index contributed by atoms with van der Waals surface area (Å²) >= 11 is 6.02. The van der Waals surface area contributed by atoms with Gasteiger partial charge >= 0.3 is 0 Å². The van der Waals surface area contributed by atoms with Crippen LogP contribution in [0.5, 0.6) is 5.75 Å². The second-order valence-corrected chi connectivity index (χ2v) is 6.51. The van der Waals surface area contributed by atoms with E-state index in [1.54, 1.807) is 43.4 Å². The lowest BCUT2D eigenvalue weighted by atomic mass is 10.1. The number of likely N-dealkylation sites (N-methyl/N-ethyl adjacent to an activating group) is 1. The van der Waals surface area contributed by atoms with Gasteiger partial charge in [-0.15, -0.1) is 0 Å². The number of hydrogen-bond acceptors (Lipinski definition) is 4. The number of carbonyl (C=O) groups excluding carboxylic acids is 2. The van der Waals surface area contributed by atoms with Gasteiger partial charge in [-0.05, 0) is 43.3 Å². The lowest BCUT2D eigenvalue weighted by Gasteiger charge is -2.26. The highest BCUT2D eigenvalue weighted by atomic mass is 35.5. The molecule has 0 atom stereocenters. The smallest absolute Gasteiger partial charge is 0.291 e. The third kappa shape index (κ3) is 2.68. The van der Waals surface area contributed by atoms with E-state index in [1.807, 2.05) is 6.92 Å². The number of anilines is 2. The molecule has 0 saturated carbocycles. The van der Waals surface area contributed by atoms with Crippen LogP contribution >= 0.6 is 11.6 Å². The molecule has 0 spiro atoms. The van der Waals surface area contributed by atoms with Gasteiger partial charge in [0, 0.05) is 28.7 Å². The first-order chi connectivity index (χ1) is 12.4. The average molecular weight is 371 g/mol. The molecule has 6 nitrogen and oxygen atoms in total. The fourth-order valence-corrected chi connectivity index (χ4v) is 3.12. The van der Waals surface area contributed by atoms with E-state index in [0.29, 0.717) is 33.3 Å². The van der Waals surface area contributed by atoms with Crippen LogP contribution in [0.25, 0.3) is 11.0 Å². The van der Waals surface area contributed by atoms with Crippen molar-refractivity contribution in [3.8, 4) is 5.75 Å². The molecule has 3 aromatic rings. The lowest BCUT2D eigenvalue weighted by Crippen LogP contribution is -2.35. The molecule has 0 fully saturated rings. The molecule has 1 aromatic heterocycles. The predicted octanol–water partition coefficient (Wildman–Crippen LogP) is 4.00. The number of nitrogens with zero attached hydrogens (tertiary/aromatic N) is 1. The van der Waals surface area contributed by atoms with Crippen LogP contribution in [0.15, 0.2) is 40.8 Å². The van der Waals surface area contributed by atoms with Gasteiger partial charge in [-0.1, -0.05) is 11.6 Å². The SMILES string of the molecule is Cc1c(C(=O)Nc2ccc3c(c2)N(C)C(=O)CO3)oc2ccc(Cl)cc12. The Morgan fingerprint density at radius 1 is 1.23 bits per heavy atom. The fraction of sp³-hybridized carbons (Fsp3) is 0.158. The molecule has 0 unspecified atom stereocenters. The van der Waals surface area contributed by atoms with Gasteiger partial charge in [0.15, 0.2) is 12.4 Å². The number of aryl methyl sites for hydroxylation is 1. The van der Waals surface area contributed by atoms with Crippen LogP contribution in [0.4, 0.5) is 11.4 Å². The van der Waals surface area contributed by atoms with E-state index in [-0.39, 0.29) is 24.2 Å². The lowest BCUT2D eigenvalue weighted by molar-refractivity contribution is -0.120. The Bertz CT molecular complexity index is 1060. The second-order valence-electron chi connectivity index (χ2n) is 6.07. The first-order valence-corrected chi connectivity index (χ1v) is 8.35. The summed E-state index contributed by atoms with van der Waals surface area (Å²) in [6, 6.07) is 10.3. The van der Waals surface area contributed by atoms with Gasteiger partial charge in [0.1, 0.15) is 11.3 Å². The summed E-state index contributed by atoms with van der Waals surface area (Å²) in [6.07, 6.45) is 0. The Balaban J connectivity index is 1.65. The molecule has 1 aliphatic heterocycles. The first kappa shape index (κ1) is 16.5. The third-order valence-electron chi connectivity index (χ3n) is 4.41.